The maximum Gasteiger partial charge on any atom is 0.262 e. The zero-order valence-corrected chi connectivity index (χ0v) is 20.1. The molecule has 2 heterocycles. The summed E-state index contributed by atoms with van der Waals surface area (Å²) in [6.07, 6.45) is 1.46. The average molecular weight is 501 g/mol. The molecule has 36 heavy (non-hydrogen) atoms. The number of hydrogen-bond donors (Lipinski definition) is 1. The molecule has 0 saturated heterocycles. The molecule has 2 aromatic heterocycles. The van der Waals surface area contributed by atoms with E-state index in [1.54, 1.807) is 34.9 Å². The summed E-state index contributed by atoms with van der Waals surface area (Å²) in [7, 11) is 0. The molecule has 180 valence electrons. The van der Waals surface area contributed by atoms with Gasteiger partial charge in [0, 0.05) is 0 Å². The van der Waals surface area contributed by atoms with Crippen molar-refractivity contribution < 1.29 is 13.7 Å². The van der Waals surface area contributed by atoms with E-state index in [9.17, 15) is 14.0 Å². The van der Waals surface area contributed by atoms with Crippen LogP contribution in [0.15, 0.2) is 93.5 Å². The van der Waals surface area contributed by atoms with E-state index in [0.29, 0.717) is 33.7 Å². The first kappa shape index (κ1) is 23.5. The quantitative estimate of drug-likeness (QED) is 0.242. The maximum atomic E-state index is 13.3. The number of fused-ring (bicyclic) bond motifs is 1. The highest BCUT2D eigenvalue weighted by atomic mass is 32.2. The molecule has 0 aliphatic rings. The first-order valence-electron chi connectivity index (χ1n) is 11.2. The van der Waals surface area contributed by atoms with Crippen molar-refractivity contribution in [3.05, 3.63) is 106 Å². The second-order valence-electron chi connectivity index (χ2n) is 8.20. The van der Waals surface area contributed by atoms with Gasteiger partial charge in [0.2, 0.25) is 11.8 Å². The summed E-state index contributed by atoms with van der Waals surface area (Å²) in [5.41, 5.74) is 3.67. The van der Waals surface area contributed by atoms with Crippen molar-refractivity contribution in [3.8, 4) is 11.1 Å². The summed E-state index contributed by atoms with van der Waals surface area (Å²) in [5, 5.41) is 7.41. The predicted octanol–water partition coefficient (Wildman–Crippen LogP) is 5.28. The van der Waals surface area contributed by atoms with Gasteiger partial charge in [0.05, 0.1) is 35.0 Å². The summed E-state index contributed by atoms with van der Waals surface area (Å²) in [5.74, 6) is -0.570. The van der Waals surface area contributed by atoms with E-state index in [-0.39, 0.29) is 28.9 Å². The molecule has 9 heteroatoms. The van der Waals surface area contributed by atoms with Gasteiger partial charge in [-0.1, -0.05) is 71.0 Å². The Kier molecular flexibility index (Phi) is 6.64. The number of halogens is 1. The Morgan fingerprint density at radius 2 is 1.81 bits per heavy atom. The van der Waals surface area contributed by atoms with Gasteiger partial charge in [-0.2, -0.15) is 0 Å². The molecule has 7 nitrogen and oxygen atoms in total. The highest BCUT2D eigenvalue weighted by Gasteiger charge is 2.17. The number of nitrogens with zero attached hydrogens (tertiary/aromatic N) is 3. The molecule has 0 aliphatic heterocycles. The third-order valence-electron chi connectivity index (χ3n) is 5.60. The molecule has 0 atom stereocenters. The van der Waals surface area contributed by atoms with E-state index in [0.717, 1.165) is 22.9 Å². The highest BCUT2D eigenvalue weighted by molar-refractivity contribution is 7.99. The van der Waals surface area contributed by atoms with Crippen molar-refractivity contribution in [3.63, 3.8) is 0 Å². The highest BCUT2D eigenvalue weighted by Crippen LogP contribution is 2.28. The number of carbonyl (C=O) groups excluding carboxylic acids is 1. The first-order chi connectivity index (χ1) is 17.5. The van der Waals surface area contributed by atoms with Crippen molar-refractivity contribution in [1.82, 2.24) is 14.7 Å². The van der Waals surface area contributed by atoms with Gasteiger partial charge in [-0.05, 0) is 42.3 Å². The number of para-hydroxylation sites is 1. The van der Waals surface area contributed by atoms with Gasteiger partial charge in [-0.25, -0.2) is 9.37 Å². The number of nitrogens with one attached hydrogen (secondary N) is 1. The van der Waals surface area contributed by atoms with E-state index >= 15 is 0 Å². The molecule has 1 amide bonds. The number of benzene rings is 3. The Morgan fingerprint density at radius 3 is 2.58 bits per heavy atom. The minimum absolute atomic E-state index is 0.0117. The normalized spacial score (nSPS) is 11.1. The average Bonchev–Trinajstić information content (AvgIpc) is 3.34. The molecule has 0 saturated carbocycles. The Labute approximate surface area is 210 Å². The summed E-state index contributed by atoms with van der Waals surface area (Å²) < 4.78 is 20.1. The van der Waals surface area contributed by atoms with Crippen molar-refractivity contribution in [2.45, 2.75) is 18.6 Å². The SMILES string of the molecule is Cc1ccc(Cn2c(SCC(=O)Nc3oncc3-c3ccc(F)cc3)nc3ccccc3c2=O)cc1. The van der Waals surface area contributed by atoms with Crippen LogP contribution in [-0.2, 0) is 11.3 Å². The minimum Gasteiger partial charge on any atom is -0.338 e. The van der Waals surface area contributed by atoms with Gasteiger partial charge in [0.25, 0.3) is 5.56 Å². The third kappa shape index (κ3) is 5.06. The predicted molar refractivity (Wildman–Crippen MR) is 138 cm³/mol. The van der Waals surface area contributed by atoms with Crippen molar-refractivity contribution in [2.24, 2.45) is 0 Å². The Bertz CT molecular complexity index is 1590. The number of rotatable bonds is 7. The summed E-state index contributed by atoms with van der Waals surface area (Å²) in [6.45, 7) is 2.33. The fourth-order valence-electron chi connectivity index (χ4n) is 3.73. The molecule has 1 N–H and O–H groups in total. The van der Waals surface area contributed by atoms with E-state index in [1.807, 2.05) is 37.3 Å². The standard InChI is InChI=1S/C27H21FN4O3S/c1-17-6-8-18(9-7-17)15-32-26(34)21-4-2-3-5-23(21)30-27(32)36-16-24(33)31-25-22(14-29-35-25)19-10-12-20(28)13-11-19/h2-14H,15-16H2,1H3,(H,31,33). The van der Waals surface area contributed by atoms with E-state index in [2.05, 4.69) is 15.5 Å². The monoisotopic (exact) mass is 500 g/mol. The van der Waals surface area contributed by atoms with Crippen molar-refractivity contribution in [1.29, 1.82) is 0 Å². The van der Waals surface area contributed by atoms with Gasteiger partial charge in [-0.3, -0.25) is 19.5 Å². The van der Waals surface area contributed by atoms with Crippen molar-refractivity contribution >= 4 is 34.5 Å². The largest absolute Gasteiger partial charge is 0.338 e. The second-order valence-corrected chi connectivity index (χ2v) is 9.14. The number of amides is 1. The Morgan fingerprint density at radius 1 is 1.06 bits per heavy atom. The van der Waals surface area contributed by atoms with Gasteiger partial charge in [0.1, 0.15) is 5.82 Å². The number of thioether (sulfide) groups is 1. The molecule has 3 aromatic carbocycles. The van der Waals surface area contributed by atoms with Crippen LogP contribution in [0.3, 0.4) is 0 Å². The van der Waals surface area contributed by atoms with Crippen LogP contribution in [-0.4, -0.2) is 26.4 Å². The summed E-state index contributed by atoms with van der Waals surface area (Å²) in [6, 6.07) is 20.9. The maximum absolute atomic E-state index is 13.3. The summed E-state index contributed by atoms with van der Waals surface area (Å²) in [4.78, 5) is 30.8. The smallest absolute Gasteiger partial charge is 0.262 e. The summed E-state index contributed by atoms with van der Waals surface area (Å²) >= 11 is 1.16. The van der Waals surface area contributed by atoms with Crippen LogP contribution in [0, 0.1) is 12.7 Å². The molecule has 0 radical (unpaired) electrons. The van der Waals surface area contributed by atoms with Crippen LogP contribution in [0.5, 0.6) is 0 Å². The lowest BCUT2D eigenvalue weighted by Gasteiger charge is -2.13. The van der Waals surface area contributed by atoms with Crippen LogP contribution < -0.4 is 10.9 Å². The van der Waals surface area contributed by atoms with Gasteiger partial charge in [0.15, 0.2) is 5.16 Å². The first-order valence-corrected chi connectivity index (χ1v) is 12.1. The van der Waals surface area contributed by atoms with Crippen molar-refractivity contribution in [2.75, 3.05) is 11.1 Å². The minimum atomic E-state index is -0.364. The van der Waals surface area contributed by atoms with Crippen LogP contribution in [0.4, 0.5) is 10.3 Å². The zero-order chi connectivity index (χ0) is 25.1. The Balaban J connectivity index is 1.38. The Hall–Kier alpha value is -4.24. The lowest BCUT2D eigenvalue weighted by molar-refractivity contribution is -0.113. The molecule has 5 aromatic rings. The van der Waals surface area contributed by atoms with Crippen LogP contribution in [0.25, 0.3) is 22.0 Å². The molecule has 0 aliphatic carbocycles. The molecule has 0 bridgehead atoms. The number of carbonyl (C=O) groups is 1. The van der Waals surface area contributed by atoms with E-state index in [4.69, 9.17) is 4.52 Å². The molecule has 5 rings (SSSR count). The molecule has 0 unspecified atom stereocenters. The second kappa shape index (κ2) is 10.2. The lowest BCUT2D eigenvalue weighted by Crippen LogP contribution is -2.25. The fourth-order valence-corrected chi connectivity index (χ4v) is 4.53. The van der Waals surface area contributed by atoms with Crippen LogP contribution >= 0.6 is 11.8 Å². The fraction of sp³-hybridized carbons (Fsp3) is 0.111. The third-order valence-corrected chi connectivity index (χ3v) is 6.58. The van der Waals surface area contributed by atoms with Crippen LogP contribution in [0.2, 0.25) is 0 Å². The molecular formula is C27H21FN4O3S. The van der Waals surface area contributed by atoms with Gasteiger partial charge >= 0.3 is 0 Å². The van der Waals surface area contributed by atoms with E-state index < -0.39 is 0 Å². The van der Waals surface area contributed by atoms with Gasteiger partial charge < -0.3 is 4.52 Å². The molecular weight excluding hydrogens is 479 g/mol. The number of aromatic nitrogens is 3. The van der Waals surface area contributed by atoms with Crippen LogP contribution in [0.1, 0.15) is 11.1 Å². The zero-order valence-electron chi connectivity index (χ0n) is 19.3. The molecule has 0 spiro atoms. The van der Waals surface area contributed by atoms with E-state index in [1.165, 1.54) is 18.3 Å². The number of anilines is 1. The van der Waals surface area contributed by atoms with Gasteiger partial charge in [-0.15, -0.1) is 0 Å². The number of aryl methyl sites for hydroxylation is 1. The topological polar surface area (TPSA) is 90.0 Å². The number of hydrogen-bond acceptors (Lipinski definition) is 6. The lowest BCUT2D eigenvalue weighted by atomic mass is 10.1. The molecule has 0 fully saturated rings.